The largest absolute Gasteiger partial charge is 0.452 e. The van der Waals surface area contributed by atoms with Crippen LogP contribution >= 0.6 is 15.9 Å². The summed E-state index contributed by atoms with van der Waals surface area (Å²) in [4.78, 5) is 10.7. The van der Waals surface area contributed by atoms with Gasteiger partial charge in [0.2, 0.25) is 12.5 Å². The number of nitro benzene ring substituents is 1. The summed E-state index contributed by atoms with van der Waals surface area (Å²) >= 11 is 3.29. The molecule has 0 radical (unpaired) electrons. The maximum atomic E-state index is 11.2. The number of hydrogen-bond donors (Lipinski definition) is 0. The Balaban J connectivity index is 2.18. The van der Waals surface area contributed by atoms with Crippen LogP contribution in [0, 0.1) is 10.1 Å². The van der Waals surface area contributed by atoms with E-state index in [1.807, 2.05) is 0 Å². The molecule has 0 unspecified atom stereocenters. The van der Waals surface area contributed by atoms with Crippen LogP contribution in [0.5, 0.6) is 11.5 Å². The van der Waals surface area contributed by atoms with Gasteiger partial charge in [0.15, 0.2) is 12.0 Å². The fraction of sp³-hybridized carbons (Fsp3) is 0.400. The van der Waals surface area contributed by atoms with E-state index in [9.17, 15) is 10.1 Å². The Bertz CT molecular complexity index is 514. The molecule has 0 atom stereocenters. The minimum atomic E-state index is -0.740. The van der Waals surface area contributed by atoms with Crippen LogP contribution in [0.25, 0.3) is 0 Å². The van der Waals surface area contributed by atoms with Crippen LogP contribution in [0.2, 0.25) is 0 Å². The summed E-state index contributed by atoms with van der Waals surface area (Å²) in [5, 5.41) is 11.2. The zero-order valence-corrected chi connectivity index (χ0v) is 10.6. The summed E-state index contributed by atoms with van der Waals surface area (Å²) in [7, 11) is 0. The first kappa shape index (κ1) is 11.7. The van der Waals surface area contributed by atoms with Crippen molar-refractivity contribution >= 4 is 21.6 Å². The van der Waals surface area contributed by atoms with E-state index in [4.69, 9.17) is 18.9 Å². The van der Waals surface area contributed by atoms with E-state index >= 15 is 0 Å². The molecule has 2 aliphatic heterocycles. The molecule has 0 bridgehead atoms. The first-order chi connectivity index (χ1) is 8.68. The Morgan fingerprint density at radius 2 is 1.94 bits per heavy atom. The third-order valence-corrected chi connectivity index (χ3v) is 3.25. The Morgan fingerprint density at radius 1 is 1.28 bits per heavy atom. The second kappa shape index (κ2) is 4.38. The highest BCUT2D eigenvalue weighted by Crippen LogP contribution is 2.50. The Kier molecular flexibility index (Phi) is 2.84. The highest BCUT2D eigenvalue weighted by atomic mass is 79.9. The predicted molar refractivity (Wildman–Crippen MR) is 61.6 cm³/mol. The third kappa shape index (κ3) is 1.73. The van der Waals surface area contributed by atoms with Crippen molar-refractivity contribution in [2.75, 3.05) is 20.0 Å². The summed E-state index contributed by atoms with van der Waals surface area (Å²) in [5.41, 5.74) is 0.159. The van der Waals surface area contributed by atoms with E-state index in [1.54, 1.807) is 6.07 Å². The second-order valence-electron chi connectivity index (χ2n) is 3.69. The zero-order chi connectivity index (χ0) is 12.7. The number of rotatable bonds is 2. The van der Waals surface area contributed by atoms with Crippen molar-refractivity contribution in [1.29, 1.82) is 0 Å². The molecule has 96 valence electrons. The van der Waals surface area contributed by atoms with Gasteiger partial charge in [-0.2, -0.15) is 0 Å². The summed E-state index contributed by atoms with van der Waals surface area (Å²) < 4.78 is 21.5. The molecule has 2 aliphatic rings. The topological polar surface area (TPSA) is 80.1 Å². The third-order valence-electron chi connectivity index (χ3n) is 2.66. The lowest BCUT2D eigenvalue weighted by atomic mass is 10.1. The van der Waals surface area contributed by atoms with Crippen LogP contribution in [-0.4, -0.2) is 24.9 Å². The summed E-state index contributed by atoms with van der Waals surface area (Å²) in [5.74, 6) is 0.451. The number of hydrogen-bond acceptors (Lipinski definition) is 6. The number of fused-ring (bicyclic) bond motifs is 1. The Labute approximate surface area is 110 Å². The van der Waals surface area contributed by atoms with Gasteiger partial charge in [-0.05, 0) is 22.0 Å². The first-order valence-corrected chi connectivity index (χ1v) is 5.97. The lowest BCUT2D eigenvalue weighted by Gasteiger charge is -2.11. The van der Waals surface area contributed by atoms with Gasteiger partial charge in [0, 0.05) is 0 Å². The maximum absolute atomic E-state index is 11.2. The van der Waals surface area contributed by atoms with Crippen LogP contribution in [0.1, 0.15) is 11.9 Å². The molecule has 0 amide bonds. The average Bonchev–Trinajstić information content (AvgIpc) is 2.99. The van der Waals surface area contributed by atoms with Crippen molar-refractivity contribution in [3.63, 3.8) is 0 Å². The molecule has 1 aromatic carbocycles. The molecule has 0 N–H and O–H groups in total. The second-order valence-corrected chi connectivity index (χ2v) is 4.55. The molecule has 7 nitrogen and oxygen atoms in total. The molecule has 0 aromatic heterocycles. The van der Waals surface area contributed by atoms with Gasteiger partial charge in [-0.3, -0.25) is 10.1 Å². The Morgan fingerprint density at radius 3 is 2.61 bits per heavy atom. The highest BCUT2D eigenvalue weighted by Gasteiger charge is 2.36. The average molecular weight is 318 g/mol. The maximum Gasteiger partial charge on any atom is 0.323 e. The van der Waals surface area contributed by atoms with Crippen molar-refractivity contribution in [3.8, 4) is 11.5 Å². The van der Waals surface area contributed by atoms with Crippen LogP contribution in [-0.2, 0) is 9.47 Å². The van der Waals surface area contributed by atoms with E-state index in [0.717, 1.165) is 0 Å². The lowest BCUT2D eigenvalue weighted by Crippen LogP contribution is -2.04. The molecule has 3 rings (SSSR count). The van der Waals surface area contributed by atoms with Crippen molar-refractivity contribution in [2.45, 2.75) is 6.29 Å². The molecular formula is C10H8BrNO6. The van der Waals surface area contributed by atoms with E-state index in [0.29, 0.717) is 29.0 Å². The van der Waals surface area contributed by atoms with Crippen molar-refractivity contribution in [3.05, 3.63) is 26.2 Å². The molecule has 0 spiro atoms. The minimum Gasteiger partial charge on any atom is -0.452 e. The van der Waals surface area contributed by atoms with E-state index in [1.165, 1.54) is 0 Å². The predicted octanol–water partition coefficient (Wildman–Crippen LogP) is 2.13. The molecule has 18 heavy (non-hydrogen) atoms. The molecule has 1 aromatic rings. The minimum absolute atomic E-state index is 0.0371. The molecule has 0 aliphatic carbocycles. The highest BCUT2D eigenvalue weighted by molar-refractivity contribution is 9.10. The fourth-order valence-corrected chi connectivity index (χ4v) is 2.48. The van der Waals surface area contributed by atoms with Gasteiger partial charge in [0.1, 0.15) is 0 Å². The number of nitro groups is 1. The molecule has 1 fully saturated rings. The van der Waals surface area contributed by atoms with E-state index in [-0.39, 0.29) is 18.2 Å². The zero-order valence-electron chi connectivity index (χ0n) is 9.05. The van der Waals surface area contributed by atoms with E-state index < -0.39 is 11.2 Å². The van der Waals surface area contributed by atoms with Gasteiger partial charge in [-0.25, -0.2) is 0 Å². The van der Waals surface area contributed by atoms with Crippen molar-refractivity contribution in [2.24, 2.45) is 0 Å². The molecular weight excluding hydrogens is 310 g/mol. The summed E-state index contributed by atoms with van der Waals surface area (Å²) in [6.07, 6.45) is -0.740. The molecule has 8 heteroatoms. The van der Waals surface area contributed by atoms with Crippen LogP contribution in [0.4, 0.5) is 5.69 Å². The summed E-state index contributed by atoms with van der Waals surface area (Å²) in [6, 6.07) is 1.57. The van der Waals surface area contributed by atoms with Gasteiger partial charge in [-0.15, -0.1) is 0 Å². The number of nitrogens with zero attached hydrogens (tertiary/aromatic N) is 1. The van der Waals surface area contributed by atoms with Gasteiger partial charge in [0.05, 0.1) is 28.2 Å². The monoisotopic (exact) mass is 317 g/mol. The van der Waals surface area contributed by atoms with Gasteiger partial charge < -0.3 is 18.9 Å². The lowest BCUT2D eigenvalue weighted by molar-refractivity contribution is -0.387. The number of ether oxygens (including phenoxy) is 4. The molecule has 2 heterocycles. The standard InChI is InChI=1S/C10H8BrNO6/c11-6-3-5(10-15-1-2-16-10)7(12(13)14)9-8(6)17-4-18-9/h3,10H,1-2,4H2. The Hall–Kier alpha value is -1.38. The summed E-state index contributed by atoms with van der Waals surface area (Å²) in [6.45, 7) is 0.784. The fourth-order valence-electron chi connectivity index (χ4n) is 1.94. The van der Waals surface area contributed by atoms with Crippen molar-refractivity contribution < 1.29 is 23.9 Å². The SMILES string of the molecule is O=[N+]([O-])c1c(C2OCCO2)cc(Br)c2c1OCO2. The van der Waals surface area contributed by atoms with Crippen LogP contribution < -0.4 is 9.47 Å². The molecule has 0 saturated carbocycles. The first-order valence-electron chi connectivity index (χ1n) is 5.18. The van der Waals surface area contributed by atoms with Gasteiger partial charge in [-0.1, -0.05) is 0 Å². The normalized spacial score (nSPS) is 18.3. The van der Waals surface area contributed by atoms with Crippen LogP contribution in [0.3, 0.4) is 0 Å². The van der Waals surface area contributed by atoms with E-state index in [2.05, 4.69) is 15.9 Å². The number of benzene rings is 1. The smallest absolute Gasteiger partial charge is 0.323 e. The molecule has 1 saturated heterocycles. The van der Waals surface area contributed by atoms with Gasteiger partial charge >= 0.3 is 5.69 Å². The quantitative estimate of drug-likeness (QED) is 0.614. The number of halogens is 1. The van der Waals surface area contributed by atoms with Gasteiger partial charge in [0.25, 0.3) is 0 Å². The van der Waals surface area contributed by atoms with Crippen LogP contribution in [0.15, 0.2) is 10.5 Å². The van der Waals surface area contributed by atoms with Crippen molar-refractivity contribution in [1.82, 2.24) is 0 Å².